The molecule has 1 aliphatic rings. The first-order valence-electron chi connectivity index (χ1n) is 10.3. The number of nitrogens with one attached hydrogen (secondary N) is 1. The highest BCUT2D eigenvalue weighted by Gasteiger charge is 2.33. The Morgan fingerprint density at radius 2 is 1.74 bits per heavy atom. The second-order valence-electron chi connectivity index (χ2n) is 8.44. The summed E-state index contributed by atoms with van der Waals surface area (Å²) in [4.78, 5) is 12.9. The molecule has 0 radical (unpaired) electrons. The van der Waals surface area contributed by atoms with Crippen LogP contribution in [0.4, 0.5) is 4.39 Å². The number of benzene rings is 2. The Bertz CT molecular complexity index is 1010. The van der Waals surface area contributed by atoms with Crippen molar-refractivity contribution in [1.82, 2.24) is 9.62 Å². The van der Waals surface area contributed by atoms with Crippen LogP contribution in [0.25, 0.3) is 0 Å². The fourth-order valence-corrected chi connectivity index (χ4v) is 5.28. The van der Waals surface area contributed by atoms with E-state index in [0.29, 0.717) is 30.7 Å². The van der Waals surface area contributed by atoms with Crippen LogP contribution in [0.3, 0.4) is 0 Å². The molecule has 1 aliphatic heterocycles. The van der Waals surface area contributed by atoms with Crippen LogP contribution in [-0.2, 0) is 20.2 Å². The van der Waals surface area contributed by atoms with Gasteiger partial charge in [-0.15, -0.1) is 0 Å². The van der Waals surface area contributed by atoms with Crippen LogP contribution in [-0.4, -0.2) is 45.4 Å². The Morgan fingerprint density at radius 3 is 2.32 bits per heavy atom. The number of carbonyl (C=O) groups is 1. The molecule has 0 spiro atoms. The monoisotopic (exact) mass is 448 g/mol. The SMILES string of the molecule is COc1ccc(S(=O)(=O)N2CCC(C(=O)NCC(C)(C)c3ccccc3F)CC2)cc1. The summed E-state index contributed by atoms with van der Waals surface area (Å²) in [5.41, 5.74) is -0.00456. The number of rotatable bonds is 7. The number of sulfonamides is 1. The van der Waals surface area contributed by atoms with Crippen LogP contribution in [0.15, 0.2) is 53.4 Å². The van der Waals surface area contributed by atoms with E-state index in [0.717, 1.165) is 0 Å². The minimum Gasteiger partial charge on any atom is -0.497 e. The van der Waals surface area contributed by atoms with Gasteiger partial charge in [-0.1, -0.05) is 32.0 Å². The van der Waals surface area contributed by atoms with Crippen LogP contribution in [0, 0.1) is 11.7 Å². The maximum absolute atomic E-state index is 14.1. The van der Waals surface area contributed by atoms with Gasteiger partial charge < -0.3 is 10.1 Å². The lowest BCUT2D eigenvalue weighted by molar-refractivity contribution is -0.126. The molecule has 0 bridgehead atoms. The van der Waals surface area contributed by atoms with Crippen molar-refractivity contribution < 1.29 is 22.3 Å². The molecule has 0 aromatic heterocycles. The first kappa shape index (κ1) is 23.2. The van der Waals surface area contributed by atoms with E-state index in [4.69, 9.17) is 4.74 Å². The third kappa shape index (κ3) is 5.25. The largest absolute Gasteiger partial charge is 0.497 e. The minimum absolute atomic E-state index is 0.120. The number of ether oxygens (including phenoxy) is 1. The van der Waals surface area contributed by atoms with E-state index >= 15 is 0 Å². The van der Waals surface area contributed by atoms with Crippen molar-refractivity contribution in [2.24, 2.45) is 5.92 Å². The molecule has 1 N–H and O–H groups in total. The molecule has 8 heteroatoms. The number of amides is 1. The van der Waals surface area contributed by atoms with Gasteiger partial charge in [0.25, 0.3) is 0 Å². The van der Waals surface area contributed by atoms with Crippen molar-refractivity contribution >= 4 is 15.9 Å². The van der Waals surface area contributed by atoms with Gasteiger partial charge in [-0.3, -0.25) is 4.79 Å². The maximum Gasteiger partial charge on any atom is 0.243 e. The molecule has 2 aromatic carbocycles. The third-order valence-corrected chi connectivity index (χ3v) is 7.74. The van der Waals surface area contributed by atoms with E-state index in [1.165, 1.54) is 29.6 Å². The van der Waals surface area contributed by atoms with E-state index < -0.39 is 15.4 Å². The van der Waals surface area contributed by atoms with Gasteiger partial charge in [-0.05, 0) is 48.7 Å². The average molecular weight is 449 g/mol. The molecule has 1 fully saturated rings. The Morgan fingerprint density at radius 1 is 1.13 bits per heavy atom. The lowest BCUT2D eigenvalue weighted by Crippen LogP contribution is -2.45. The molecular formula is C23H29FN2O4S. The smallest absolute Gasteiger partial charge is 0.243 e. The Labute approximate surface area is 183 Å². The Balaban J connectivity index is 1.56. The zero-order valence-electron chi connectivity index (χ0n) is 18.1. The zero-order chi connectivity index (χ0) is 22.6. The molecule has 0 saturated carbocycles. The van der Waals surface area contributed by atoms with E-state index in [9.17, 15) is 17.6 Å². The lowest BCUT2D eigenvalue weighted by atomic mass is 9.84. The molecule has 31 heavy (non-hydrogen) atoms. The maximum atomic E-state index is 14.1. The molecule has 1 heterocycles. The molecule has 0 aliphatic carbocycles. The average Bonchev–Trinajstić information content (AvgIpc) is 2.78. The first-order chi connectivity index (χ1) is 14.6. The normalized spacial score (nSPS) is 16.1. The van der Waals surface area contributed by atoms with Crippen molar-refractivity contribution in [3.63, 3.8) is 0 Å². The summed E-state index contributed by atoms with van der Waals surface area (Å²) in [5, 5.41) is 2.93. The summed E-state index contributed by atoms with van der Waals surface area (Å²) in [6, 6.07) is 12.8. The molecule has 1 saturated heterocycles. The lowest BCUT2D eigenvalue weighted by Gasteiger charge is -2.32. The molecule has 0 unspecified atom stereocenters. The van der Waals surface area contributed by atoms with E-state index in [1.807, 2.05) is 13.8 Å². The second kappa shape index (κ2) is 9.36. The van der Waals surface area contributed by atoms with Crippen LogP contribution in [0.1, 0.15) is 32.3 Å². The second-order valence-corrected chi connectivity index (χ2v) is 10.4. The number of hydrogen-bond acceptors (Lipinski definition) is 4. The van der Waals surface area contributed by atoms with Gasteiger partial charge in [0.2, 0.25) is 15.9 Å². The van der Waals surface area contributed by atoms with Crippen molar-refractivity contribution in [2.45, 2.75) is 37.0 Å². The fourth-order valence-electron chi connectivity index (χ4n) is 3.81. The number of nitrogens with zero attached hydrogens (tertiary/aromatic N) is 1. The van der Waals surface area contributed by atoms with Crippen molar-refractivity contribution in [2.75, 3.05) is 26.7 Å². The van der Waals surface area contributed by atoms with Gasteiger partial charge in [-0.2, -0.15) is 4.31 Å². The van der Waals surface area contributed by atoms with Crippen LogP contribution in [0.5, 0.6) is 5.75 Å². The number of piperidine rings is 1. The number of halogens is 1. The standard InChI is InChI=1S/C23H29FN2O4S/c1-23(2,20-6-4-5-7-21(20)24)16-25-22(27)17-12-14-26(15-13-17)31(28,29)19-10-8-18(30-3)9-11-19/h4-11,17H,12-16H2,1-3H3,(H,25,27). The summed E-state index contributed by atoms with van der Waals surface area (Å²) < 4.78 is 46.3. The number of hydrogen-bond donors (Lipinski definition) is 1. The topological polar surface area (TPSA) is 75.7 Å². The van der Waals surface area contributed by atoms with E-state index in [-0.39, 0.29) is 35.6 Å². The van der Waals surface area contributed by atoms with Crippen molar-refractivity contribution in [3.05, 3.63) is 59.9 Å². The number of methoxy groups -OCH3 is 1. The molecule has 3 rings (SSSR count). The first-order valence-corrected chi connectivity index (χ1v) is 11.8. The van der Waals surface area contributed by atoms with E-state index in [1.54, 1.807) is 30.3 Å². The van der Waals surface area contributed by atoms with Crippen molar-refractivity contribution in [3.8, 4) is 5.75 Å². The van der Waals surface area contributed by atoms with Gasteiger partial charge in [0, 0.05) is 31.0 Å². The summed E-state index contributed by atoms with van der Waals surface area (Å²) in [6.07, 6.45) is 0.892. The van der Waals surface area contributed by atoms with E-state index in [2.05, 4.69) is 5.32 Å². The Kier molecular flexibility index (Phi) is 7.01. The van der Waals surface area contributed by atoms with Gasteiger partial charge in [0.1, 0.15) is 11.6 Å². The molecule has 2 aromatic rings. The van der Waals surface area contributed by atoms with Crippen LogP contribution in [0.2, 0.25) is 0 Å². The summed E-state index contributed by atoms with van der Waals surface area (Å²) in [5.74, 6) is -0.0870. The third-order valence-electron chi connectivity index (χ3n) is 5.83. The molecule has 0 atom stereocenters. The molecule has 1 amide bonds. The van der Waals surface area contributed by atoms with Gasteiger partial charge in [-0.25, -0.2) is 12.8 Å². The van der Waals surface area contributed by atoms with Gasteiger partial charge >= 0.3 is 0 Å². The minimum atomic E-state index is -3.61. The van der Waals surface area contributed by atoms with Crippen LogP contribution >= 0.6 is 0 Å². The van der Waals surface area contributed by atoms with Gasteiger partial charge in [0.15, 0.2) is 0 Å². The number of carbonyl (C=O) groups excluding carboxylic acids is 1. The zero-order valence-corrected chi connectivity index (χ0v) is 18.9. The summed E-state index contributed by atoms with van der Waals surface area (Å²) in [7, 11) is -2.08. The predicted octanol–water partition coefficient (Wildman–Crippen LogP) is 3.33. The Hall–Kier alpha value is -2.45. The quantitative estimate of drug-likeness (QED) is 0.705. The predicted molar refractivity (Wildman–Crippen MR) is 117 cm³/mol. The highest BCUT2D eigenvalue weighted by Crippen LogP contribution is 2.27. The molecular weight excluding hydrogens is 419 g/mol. The summed E-state index contributed by atoms with van der Waals surface area (Å²) in [6.45, 7) is 4.63. The van der Waals surface area contributed by atoms with Gasteiger partial charge in [0.05, 0.1) is 12.0 Å². The van der Waals surface area contributed by atoms with Crippen LogP contribution < -0.4 is 10.1 Å². The highest BCUT2D eigenvalue weighted by atomic mass is 32.2. The van der Waals surface area contributed by atoms with Crippen molar-refractivity contribution in [1.29, 1.82) is 0 Å². The highest BCUT2D eigenvalue weighted by molar-refractivity contribution is 7.89. The summed E-state index contributed by atoms with van der Waals surface area (Å²) >= 11 is 0. The molecule has 6 nitrogen and oxygen atoms in total. The fraction of sp³-hybridized carbons (Fsp3) is 0.435. The molecule has 168 valence electrons.